The molecular formula is C13H15NO2. The van der Waals surface area contributed by atoms with Crippen molar-refractivity contribution in [2.24, 2.45) is 0 Å². The lowest BCUT2D eigenvalue weighted by atomic mass is 10.1. The fourth-order valence-electron chi connectivity index (χ4n) is 1.25. The Balaban J connectivity index is 2.75. The fraction of sp³-hybridized carbons (Fsp3) is 0.308. The first-order valence-electron chi connectivity index (χ1n) is 5.22. The van der Waals surface area contributed by atoms with Crippen molar-refractivity contribution in [3.8, 4) is 11.8 Å². The van der Waals surface area contributed by atoms with Crippen LogP contribution in [-0.4, -0.2) is 17.6 Å². The van der Waals surface area contributed by atoms with Gasteiger partial charge in [0.15, 0.2) is 0 Å². The van der Waals surface area contributed by atoms with E-state index in [1.165, 1.54) is 0 Å². The summed E-state index contributed by atoms with van der Waals surface area (Å²) in [5, 5.41) is 11.4. The molecule has 1 amide bonds. The van der Waals surface area contributed by atoms with E-state index in [4.69, 9.17) is 5.11 Å². The highest BCUT2D eigenvalue weighted by Crippen LogP contribution is 2.06. The molecule has 0 saturated carbocycles. The van der Waals surface area contributed by atoms with Gasteiger partial charge in [-0.1, -0.05) is 37.0 Å². The third kappa shape index (κ3) is 3.76. The maximum Gasteiger partial charge on any atom is 0.219 e. The largest absolute Gasteiger partial charge is 0.384 e. The predicted octanol–water partition coefficient (Wildman–Crippen LogP) is 1.06. The molecule has 0 aliphatic heterocycles. The Morgan fingerprint density at radius 2 is 2.19 bits per heavy atom. The van der Waals surface area contributed by atoms with Crippen LogP contribution in [0.3, 0.4) is 0 Å². The number of benzene rings is 1. The van der Waals surface area contributed by atoms with Gasteiger partial charge in [0.25, 0.3) is 0 Å². The number of rotatable bonds is 3. The molecule has 0 fully saturated rings. The maximum absolute atomic E-state index is 11.1. The summed E-state index contributed by atoms with van der Waals surface area (Å²) >= 11 is 0. The predicted molar refractivity (Wildman–Crippen MR) is 62.5 cm³/mol. The van der Waals surface area contributed by atoms with Crippen LogP contribution in [0.2, 0.25) is 0 Å². The van der Waals surface area contributed by atoms with Gasteiger partial charge in [0.1, 0.15) is 6.61 Å². The molecule has 16 heavy (non-hydrogen) atoms. The molecule has 0 saturated heterocycles. The van der Waals surface area contributed by atoms with Gasteiger partial charge in [-0.3, -0.25) is 4.79 Å². The molecule has 84 valence electrons. The first kappa shape index (κ1) is 12.3. The molecule has 1 aromatic carbocycles. The standard InChI is InChI=1S/C13H15NO2/c1-2-13(16)14-10-12-7-4-3-6-11(12)8-5-9-15/h3-4,6-7,15H,2,9-10H2,1H3,(H,14,16). The molecule has 0 radical (unpaired) electrons. The van der Waals surface area contributed by atoms with Crippen LogP contribution < -0.4 is 5.32 Å². The van der Waals surface area contributed by atoms with Crippen molar-refractivity contribution < 1.29 is 9.90 Å². The van der Waals surface area contributed by atoms with Crippen LogP contribution in [0.5, 0.6) is 0 Å². The molecule has 1 aromatic rings. The average molecular weight is 217 g/mol. The minimum Gasteiger partial charge on any atom is -0.384 e. The molecule has 0 aromatic heterocycles. The summed E-state index contributed by atoms with van der Waals surface area (Å²) in [5.74, 6) is 5.47. The van der Waals surface area contributed by atoms with Crippen molar-refractivity contribution >= 4 is 5.91 Å². The van der Waals surface area contributed by atoms with E-state index >= 15 is 0 Å². The SMILES string of the molecule is CCC(=O)NCc1ccccc1C#CCO. The van der Waals surface area contributed by atoms with Crippen LogP contribution in [0.25, 0.3) is 0 Å². The average Bonchev–Trinajstić information content (AvgIpc) is 2.34. The van der Waals surface area contributed by atoms with Crippen molar-refractivity contribution in [3.63, 3.8) is 0 Å². The highest BCUT2D eigenvalue weighted by atomic mass is 16.2. The second kappa shape index (κ2) is 6.65. The number of hydrogen-bond donors (Lipinski definition) is 2. The number of amides is 1. The minimum atomic E-state index is -0.157. The lowest BCUT2D eigenvalue weighted by Crippen LogP contribution is -2.21. The van der Waals surface area contributed by atoms with Crippen molar-refractivity contribution in [1.82, 2.24) is 5.32 Å². The van der Waals surface area contributed by atoms with Gasteiger partial charge in [-0.15, -0.1) is 0 Å². The number of aliphatic hydroxyl groups is 1. The Bertz CT molecular complexity index is 415. The third-order valence-corrected chi connectivity index (χ3v) is 2.12. The summed E-state index contributed by atoms with van der Waals surface area (Å²) in [6.07, 6.45) is 0.477. The second-order valence-electron chi connectivity index (χ2n) is 3.25. The Morgan fingerprint density at radius 3 is 2.88 bits per heavy atom. The van der Waals surface area contributed by atoms with Crippen LogP contribution in [0.1, 0.15) is 24.5 Å². The number of carbonyl (C=O) groups is 1. The van der Waals surface area contributed by atoms with Gasteiger partial charge in [0.05, 0.1) is 0 Å². The number of aliphatic hydroxyl groups excluding tert-OH is 1. The van der Waals surface area contributed by atoms with E-state index in [0.717, 1.165) is 11.1 Å². The lowest BCUT2D eigenvalue weighted by molar-refractivity contribution is -0.120. The normalized spacial score (nSPS) is 9.12. The van der Waals surface area contributed by atoms with Gasteiger partial charge in [-0.05, 0) is 11.6 Å². The van der Waals surface area contributed by atoms with E-state index in [-0.39, 0.29) is 12.5 Å². The van der Waals surface area contributed by atoms with Gasteiger partial charge in [0, 0.05) is 18.5 Å². The smallest absolute Gasteiger partial charge is 0.219 e. The van der Waals surface area contributed by atoms with Crippen LogP contribution in [0.4, 0.5) is 0 Å². The van der Waals surface area contributed by atoms with Crippen molar-refractivity contribution in [1.29, 1.82) is 0 Å². The van der Waals surface area contributed by atoms with Crippen molar-refractivity contribution in [2.45, 2.75) is 19.9 Å². The van der Waals surface area contributed by atoms with E-state index in [9.17, 15) is 4.79 Å². The maximum atomic E-state index is 11.1. The van der Waals surface area contributed by atoms with E-state index in [1.807, 2.05) is 31.2 Å². The Kier molecular flexibility index (Phi) is 5.10. The van der Waals surface area contributed by atoms with Gasteiger partial charge >= 0.3 is 0 Å². The molecular weight excluding hydrogens is 202 g/mol. The van der Waals surface area contributed by atoms with E-state index in [1.54, 1.807) is 0 Å². The van der Waals surface area contributed by atoms with Crippen LogP contribution in [0.15, 0.2) is 24.3 Å². The van der Waals surface area contributed by atoms with E-state index in [2.05, 4.69) is 17.2 Å². The van der Waals surface area contributed by atoms with Crippen LogP contribution in [-0.2, 0) is 11.3 Å². The number of nitrogens with one attached hydrogen (secondary N) is 1. The molecule has 0 aliphatic rings. The molecule has 0 spiro atoms. The molecule has 1 rings (SSSR count). The lowest BCUT2D eigenvalue weighted by Gasteiger charge is -2.05. The first-order chi connectivity index (χ1) is 7.77. The monoisotopic (exact) mass is 217 g/mol. The molecule has 0 aliphatic carbocycles. The molecule has 0 bridgehead atoms. The quantitative estimate of drug-likeness (QED) is 0.744. The Hall–Kier alpha value is -1.79. The van der Waals surface area contributed by atoms with Crippen LogP contribution >= 0.6 is 0 Å². The summed E-state index contributed by atoms with van der Waals surface area (Å²) in [5.41, 5.74) is 1.80. The summed E-state index contributed by atoms with van der Waals surface area (Å²) in [4.78, 5) is 11.1. The van der Waals surface area contributed by atoms with Gasteiger partial charge < -0.3 is 10.4 Å². The van der Waals surface area contributed by atoms with E-state index < -0.39 is 0 Å². The Morgan fingerprint density at radius 1 is 1.44 bits per heavy atom. The fourth-order valence-corrected chi connectivity index (χ4v) is 1.25. The molecule has 0 unspecified atom stereocenters. The summed E-state index contributed by atoms with van der Waals surface area (Å²) in [6, 6.07) is 7.57. The summed E-state index contributed by atoms with van der Waals surface area (Å²) < 4.78 is 0. The summed E-state index contributed by atoms with van der Waals surface area (Å²) in [6.45, 7) is 2.13. The first-order valence-corrected chi connectivity index (χ1v) is 5.22. The van der Waals surface area contributed by atoms with Crippen LogP contribution in [0, 0.1) is 11.8 Å². The molecule has 2 N–H and O–H groups in total. The van der Waals surface area contributed by atoms with E-state index in [0.29, 0.717) is 13.0 Å². The number of carbonyl (C=O) groups excluding carboxylic acids is 1. The number of hydrogen-bond acceptors (Lipinski definition) is 2. The zero-order chi connectivity index (χ0) is 11.8. The van der Waals surface area contributed by atoms with Gasteiger partial charge in [-0.2, -0.15) is 0 Å². The Labute approximate surface area is 95.5 Å². The second-order valence-corrected chi connectivity index (χ2v) is 3.25. The van der Waals surface area contributed by atoms with Gasteiger partial charge in [0.2, 0.25) is 5.91 Å². The molecule has 3 heteroatoms. The van der Waals surface area contributed by atoms with Crippen molar-refractivity contribution in [3.05, 3.63) is 35.4 Å². The molecule has 0 atom stereocenters. The third-order valence-electron chi connectivity index (χ3n) is 2.12. The summed E-state index contributed by atoms with van der Waals surface area (Å²) in [7, 11) is 0. The highest BCUT2D eigenvalue weighted by molar-refractivity contribution is 5.75. The topological polar surface area (TPSA) is 49.3 Å². The zero-order valence-electron chi connectivity index (χ0n) is 9.29. The van der Waals surface area contributed by atoms with Gasteiger partial charge in [-0.25, -0.2) is 0 Å². The minimum absolute atomic E-state index is 0.0184. The van der Waals surface area contributed by atoms with Crippen molar-refractivity contribution in [2.75, 3.05) is 6.61 Å². The highest BCUT2D eigenvalue weighted by Gasteiger charge is 2.00. The molecule has 3 nitrogen and oxygen atoms in total. The zero-order valence-corrected chi connectivity index (χ0v) is 9.29. The molecule has 0 heterocycles.